The highest BCUT2D eigenvalue weighted by molar-refractivity contribution is 5.90. The molecule has 0 radical (unpaired) electrons. The van der Waals surface area contributed by atoms with Gasteiger partial charge in [0.05, 0.1) is 36.0 Å². The van der Waals surface area contributed by atoms with Gasteiger partial charge >= 0.3 is 6.18 Å². The number of aromatic amines is 1. The van der Waals surface area contributed by atoms with Crippen LogP contribution in [0.25, 0.3) is 22.2 Å². The number of rotatable bonds is 7. The topological polar surface area (TPSA) is 170 Å². The number of aliphatic hydroxyl groups is 4. The van der Waals surface area contributed by atoms with Crippen molar-refractivity contribution in [3.8, 4) is 11.3 Å². The van der Waals surface area contributed by atoms with Crippen LogP contribution in [0.4, 0.5) is 13.2 Å². The van der Waals surface area contributed by atoms with Gasteiger partial charge in [-0.15, -0.1) is 0 Å². The fourth-order valence-electron chi connectivity index (χ4n) is 3.52. The lowest BCUT2D eigenvalue weighted by Gasteiger charge is -2.27. The number of nitrogens with one attached hydrogen (secondary N) is 1. The van der Waals surface area contributed by atoms with Gasteiger partial charge in [-0.3, -0.25) is 9.59 Å². The molecule has 0 saturated heterocycles. The van der Waals surface area contributed by atoms with Crippen LogP contribution in [0.2, 0.25) is 0 Å². The normalized spacial score (nSPS) is 16.0. The van der Waals surface area contributed by atoms with Crippen molar-refractivity contribution in [1.29, 1.82) is 0 Å². The molecule has 7 N–H and O–H groups in total. The molecule has 172 valence electrons. The molecule has 0 aliphatic heterocycles. The zero-order chi connectivity index (χ0) is 23.8. The number of pyridine rings is 1. The molecule has 1 amide bonds. The first-order valence-corrected chi connectivity index (χ1v) is 9.22. The lowest BCUT2D eigenvalue weighted by atomic mass is 9.87. The van der Waals surface area contributed by atoms with Gasteiger partial charge in [0.2, 0.25) is 5.91 Å². The molecule has 0 unspecified atom stereocenters. The molecule has 0 saturated carbocycles. The Hall–Kier alpha value is -3.19. The molecule has 0 aliphatic carbocycles. The van der Waals surface area contributed by atoms with E-state index >= 15 is 0 Å². The van der Waals surface area contributed by atoms with Crippen molar-refractivity contribution < 1.29 is 42.8 Å². The first-order chi connectivity index (χ1) is 15.0. The lowest BCUT2D eigenvalue weighted by molar-refractivity contribution is -0.136. The van der Waals surface area contributed by atoms with Crippen LogP contribution < -0.4 is 11.3 Å². The molecule has 2 heterocycles. The maximum absolute atomic E-state index is 13.9. The number of fused-ring (bicyclic) bond motifs is 1. The minimum atomic E-state index is -4.94. The van der Waals surface area contributed by atoms with Crippen molar-refractivity contribution in [3.63, 3.8) is 0 Å². The smallest absolute Gasteiger partial charge is 0.417 e. The molecule has 9 nitrogen and oxygen atoms in total. The van der Waals surface area contributed by atoms with Gasteiger partial charge in [0.25, 0.3) is 5.56 Å². The Kier molecular flexibility index (Phi) is 6.41. The van der Waals surface area contributed by atoms with E-state index in [4.69, 9.17) is 15.3 Å². The second-order valence-electron chi connectivity index (χ2n) is 7.10. The molecular weight excluding hydrogens is 437 g/mol. The summed E-state index contributed by atoms with van der Waals surface area (Å²) in [5.74, 6) is -3.12. The maximum Gasteiger partial charge on any atom is 0.417 e. The standard InChI is InChI=1S/C20H19F3N2O7/c21-20(22,23)15-9-4-3-8(13(18(24)30)17(29)16(28)11(27)7-26)6-10(9)25-19(31)14(15)12-2-1-5-32-12/h1-6,11,13,16-17,26-29H,7H2,(H2,24,30)(H,25,31)/t11-,13-,16-,17-/m1/s1. The summed E-state index contributed by atoms with van der Waals surface area (Å²) in [6, 6.07) is 5.58. The number of aliphatic hydroxyl groups excluding tert-OH is 4. The number of furan rings is 1. The molecule has 3 aromatic rings. The molecule has 4 atom stereocenters. The quantitative estimate of drug-likeness (QED) is 0.300. The third-order valence-electron chi connectivity index (χ3n) is 5.03. The minimum Gasteiger partial charge on any atom is -0.464 e. The molecule has 3 rings (SSSR count). The van der Waals surface area contributed by atoms with Gasteiger partial charge in [0.15, 0.2) is 0 Å². The summed E-state index contributed by atoms with van der Waals surface area (Å²) in [6.45, 7) is -0.931. The monoisotopic (exact) mass is 456 g/mol. The highest BCUT2D eigenvalue weighted by Crippen LogP contribution is 2.40. The molecule has 0 spiro atoms. The van der Waals surface area contributed by atoms with Gasteiger partial charge in [0.1, 0.15) is 18.0 Å². The molecule has 2 aromatic heterocycles. The Bertz CT molecular complexity index is 1170. The van der Waals surface area contributed by atoms with Gasteiger partial charge in [0, 0.05) is 10.9 Å². The zero-order valence-corrected chi connectivity index (χ0v) is 16.2. The number of hydrogen-bond donors (Lipinski definition) is 6. The van der Waals surface area contributed by atoms with Crippen molar-refractivity contribution in [3.05, 3.63) is 58.1 Å². The van der Waals surface area contributed by atoms with Crippen molar-refractivity contribution in [2.24, 2.45) is 5.73 Å². The molecule has 0 bridgehead atoms. The third-order valence-corrected chi connectivity index (χ3v) is 5.03. The second-order valence-corrected chi connectivity index (χ2v) is 7.10. The largest absolute Gasteiger partial charge is 0.464 e. The number of amides is 1. The predicted molar refractivity (Wildman–Crippen MR) is 104 cm³/mol. The van der Waals surface area contributed by atoms with Crippen LogP contribution in [0, 0.1) is 0 Å². The highest BCUT2D eigenvalue weighted by atomic mass is 19.4. The van der Waals surface area contributed by atoms with Crippen LogP contribution in [-0.2, 0) is 11.0 Å². The van der Waals surface area contributed by atoms with E-state index in [1.807, 2.05) is 0 Å². The Morgan fingerprint density at radius 3 is 2.38 bits per heavy atom. The molecule has 12 heteroatoms. The van der Waals surface area contributed by atoms with Gasteiger partial charge in [-0.25, -0.2) is 0 Å². The molecule has 1 aromatic carbocycles. The predicted octanol–water partition coefficient (Wildman–Crippen LogP) is 0.451. The van der Waals surface area contributed by atoms with E-state index in [1.165, 1.54) is 12.1 Å². The van der Waals surface area contributed by atoms with Crippen molar-refractivity contribution >= 4 is 16.8 Å². The Balaban J connectivity index is 2.22. The summed E-state index contributed by atoms with van der Waals surface area (Å²) in [6.07, 6.45) is -9.62. The Labute approximate surface area is 177 Å². The zero-order valence-electron chi connectivity index (χ0n) is 16.2. The van der Waals surface area contributed by atoms with Gasteiger partial charge < -0.3 is 35.6 Å². The highest BCUT2D eigenvalue weighted by Gasteiger charge is 2.39. The summed E-state index contributed by atoms with van der Waals surface area (Å²) in [5, 5.41) is 38.3. The van der Waals surface area contributed by atoms with E-state index in [-0.39, 0.29) is 16.8 Å². The summed E-state index contributed by atoms with van der Waals surface area (Å²) in [5.41, 5.74) is 1.76. The summed E-state index contributed by atoms with van der Waals surface area (Å²) >= 11 is 0. The number of aromatic nitrogens is 1. The maximum atomic E-state index is 13.9. The number of primary amides is 1. The first-order valence-electron chi connectivity index (χ1n) is 9.22. The van der Waals surface area contributed by atoms with E-state index in [1.54, 1.807) is 0 Å². The number of alkyl halides is 3. The fraction of sp³-hybridized carbons (Fsp3) is 0.300. The molecular formula is C20H19F3N2O7. The van der Waals surface area contributed by atoms with Crippen molar-refractivity contribution in [2.75, 3.05) is 6.61 Å². The second kappa shape index (κ2) is 8.74. The number of H-pyrrole nitrogens is 1. The molecule has 0 aliphatic rings. The van der Waals surface area contributed by atoms with E-state index in [2.05, 4.69) is 4.98 Å². The number of benzene rings is 1. The van der Waals surface area contributed by atoms with Crippen LogP contribution in [0.15, 0.2) is 45.8 Å². The minimum absolute atomic E-state index is 0.129. The van der Waals surface area contributed by atoms with Gasteiger partial charge in [-0.05, 0) is 23.8 Å². The van der Waals surface area contributed by atoms with Crippen LogP contribution in [0.5, 0.6) is 0 Å². The van der Waals surface area contributed by atoms with E-state index in [0.717, 1.165) is 24.5 Å². The lowest BCUT2D eigenvalue weighted by Crippen LogP contribution is -2.46. The first kappa shape index (κ1) is 23.5. The van der Waals surface area contributed by atoms with Crippen LogP contribution in [0.3, 0.4) is 0 Å². The van der Waals surface area contributed by atoms with E-state index < -0.39 is 65.0 Å². The molecule has 0 fully saturated rings. The number of halogens is 3. The average molecular weight is 456 g/mol. The van der Waals surface area contributed by atoms with Crippen molar-refractivity contribution in [2.45, 2.75) is 30.4 Å². The van der Waals surface area contributed by atoms with Crippen LogP contribution in [0.1, 0.15) is 17.0 Å². The number of hydrogen-bond acceptors (Lipinski definition) is 7. The average Bonchev–Trinajstić information content (AvgIpc) is 3.24. The number of carbonyl (C=O) groups excluding carboxylic acids is 1. The van der Waals surface area contributed by atoms with Crippen molar-refractivity contribution in [1.82, 2.24) is 4.98 Å². The van der Waals surface area contributed by atoms with Crippen LogP contribution in [-0.4, -0.2) is 56.2 Å². The fourth-order valence-corrected chi connectivity index (χ4v) is 3.52. The Morgan fingerprint density at radius 2 is 1.84 bits per heavy atom. The summed E-state index contributed by atoms with van der Waals surface area (Å²) in [4.78, 5) is 26.8. The summed E-state index contributed by atoms with van der Waals surface area (Å²) < 4.78 is 46.7. The van der Waals surface area contributed by atoms with E-state index in [9.17, 15) is 38.1 Å². The van der Waals surface area contributed by atoms with Gasteiger partial charge in [-0.2, -0.15) is 13.2 Å². The SMILES string of the molecule is NC(=O)[C@H](c1ccc2c(C(F)(F)F)c(-c3ccco3)c(=O)[nH]c2c1)[C@@H](O)[C@H](O)[C@H](O)CO. The molecule has 32 heavy (non-hydrogen) atoms. The van der Waals surface area contributed by atoms with Gasteiger partial charge in [-0.1, -0.05) is 12.1 Å². The van der Waals surface area contributed by atoms with Crippen LogP contribution >= 0.6 is 0 Å². The summed E-state index contributed by atoms with van der Waals surface area (Å²) in [7, 11) is 0. The third kappa shape index (κ3) is 4.25. The Morgan fingerprint density at radius 1 is 1.16 bits per heavy atom. The van der Waals surface area contributed by atoms with E-state index in [0.29, 0.717) is 0 Å². The number of nitrogens with two attached hydrogens (primary N) is 1. The number of carbonyl (C=O) groups is 1.